The van der Waals surface area contributed by atoms with Crippen LogP contribution in [0.4, 0.5) is 0 Å². The zero-order chi connectivity index (χ0) is 19.0. The molecule has 4 rings (SSSR count). The zero-order valence-electron chi connectivity index (χ0n) is 15.7. The van der Waals surface area contributed by atoms with E-state index in [1.807, 2.05) is 18.2 Å². The number of phenols is 1. The molecule has 0 radical (unpaired) electrons. The third-order valence-electron chi connectivity index (χ3n) is 5.44. The highest BCUT2D eigenvalue weighted by Crippen LogP contribution is 2.41. The molecule has 2 heterocycles. The summed E-state index contributed by atoms with van der Waals surface area (Å²) < 4.78 is 0. The van der Waals surface area contributed by atoms with Crippen molar-refractivity contribution in [3.8, 4) is 5.75 Å². The van der Waals surface area contributed by atoms with Gasteiger partial charge in [0.2, 0.25) is 0 Å². The van der Waals surface area contributed by atoms with E-state index in [9.17, 15) is 5.11 Å². The molecular formula is C22H24ClN3O. The van der Waals surface area contributed by atoms with E-state index in [4.69, 9.17) is 11.6 Å². The molecule has 1 saturated heterocycles. The Hall–Kier alpha value is -2.14. The maximum absolute atomic E-state index is 11.1. The first-order valence-corrected chi connectivity index (χ1v) is 9.67. The number of rotatable bonds is 3. The number of halogens is 1. The molecule has 27 heavy (non-hydrogen) atoms. The van der Waals surface area contributed by atoms with E-state index in [2.05, 4.69) is 53.0 Å². The van der Waals surface area contributed by atoms with Gasteiger partial charge in [0.15, 0.2) is 0 Å². The number of fused-ring (bicyclic) bond motifs is 1. The molecule has 0 bridgehead atoms. The molecule has 1 aliphatic rings. The van der Waals surface area contributed by atoms with Gasteiger partial charge in [-0.2, -0.15) is 0 Å². The third-order valence-corrected chi connectivity index (χ3v) is 5.75. The topological polar surface area (TPSA) is 39.6 Å². The molecule has 4 nitrogen and oxygen atoms in total. The van der Waals surface area contributed by atoms with Crippen molar-refractivity contribution in [3.05, 3.63) is 70.4 Å². The number of hydrogen-bond acceptors (Lipinski definition) is 4. The number of pyridine rings is 1. The Morgan fingerprint density at radius 2 is 1.78 bits per heavy atom. The standard InChI is InChI=1S/C22H24ClN3O/c1-15-5-7-16(8-6-15)21(26-12-10-25(2)11-13-26)18-14-19(23)17-4-3-9-24-20(17)22(18)27/h3-9,14,21,27H,10-13H2,1-2H3/t21-/m0/s1. The molecule has 1 N–H and O–H groups in total. The first-order chi connectivity index (χ1) is 13.0. The molecule has 1 atom stereocenters. The van der Waals surface area contributed by atoms with Crippen LogP contribution in [-0.4, -0.2) is 53.1 Å². The Kier molecular flexibility index (Phi) is 5.04. The monoisotopic (exact) mass is 381 g/mol. The Morgan fingerprint density at radius 1 is 1.07 bits per heavy atom. The fourth-order valence-corrected chi connectivity index (χ4v) is 4.10. The number of aromatic nitrogens is 1. The number of hydrogen-bond donors (Lipinski definition) is 1. The molecular weight excluding hydrogens is 358 g/mol. The lowest BCUT2D eigenvalue weighted by atomic mass is 9.93. The molecule has 0 spiro atoms. The Balaban J connectivity index is 1.87. The molecule has 0 aliphatic carbocycles. The Labute approximate surface area is 165 Å². The molecule has 1 aliphatic heterocycles. The second-order valence-corrected chi connectivity index (χ2v) is 7.76. The van der Waals surface area contributed by atoms with Gasteiger partial charge in [-0.15, -0.1) is 0 Å². The van der Waals surface area contributed by atoms with Gasteiger partial charge in [0.05, 0.1) is 11.1 Å². The number of nitrogens with zero attached hydrogens (tertiary/aromatic N) is 3. The quantitative estimate of drug-likeness (QED) is 0.736. The van der Waals surface area contributed by atoms with E-state index in [-0.39, 0.29) is 11.8 Å². The number of piperazine rings is 1. The van der Waals surface area contributed by atoms with E-state index in [0.29, 0.717) is 10.5 Å². The SMILES string of the molecule is Cc1ccc([C@@H](c2cc(Cl)c3cccnc3c2O)N2CCN(C)CC2)cc1. The van der Waals surface area contributed by atoms with E-state index >= 15 is 0 Å². The van der Waals surface area contributed by atoms with Crippen LogP contribution in [0.25, 0.3) is 10.9 Å². The lowest BCUT2D eigenvalue weighted by molar-refractivity contribution is 0.126. The van der Waals surface area contributed by atoms with Gasteiger partial charge in [0, 0.05) is 43.3 Å². The molecule has 0 saturated carbocycles. The maximum Gasteiger partial charge on any atom is 0.147 e. The number of likely N-dealkylation sites (N-methyl/N-ethyl adjacent to an activating group) is 1. The zero-order valence-corrected chi connectivity index (χ0v) is 16.4. The summed E-state index contributed by atoms with van der Waals surface area (Å²) in [7, 11) is 2.15. The van der Waals surface area contributed by atoms with Crippen molar-refractivity contribution in [2.24, 2.45) is 0 Å². The average molecular weight is 382 g/mol. The Morgan fingerprint density at radius 3 is 2.48 bits per heavy atom. The molecule has 5 heteroatoms. The summed E-state index contributed by atoms with van der Waals surface area (Å²) in [5, 5.41) is 12.5. The van der Waals surface area contributed by atoms with Gasteiger partial charge < -0.3 is 10.0 Å². The minimum Gasteiger partial charge on any atom is -0.505 e. The second-order valence-electron chi connectivity index (χ2n) is 7.35. The number of aryl methyl sites for hydroxylation is 1. The second kappa shape index (κ2) is 7.47. The first-order valence-electron chi connectivity index (χ1n) is 9.30. The molecule has 0 unspecified atom stereocenters. The highest BCUT2D eigenvalue weighted by Gasteiger charge is 2.29. The van der Waals surface area contributed by atoms with Crippen molar-refractivity contribution in [2.45, 2.75) is 13.0 Å². The lowest BCUT2D eigenvalue weighted by Gasteiger charge is -2.38. The average Bonchev–Trinajstić information content (AvgIpc) is 2.69. The predicted molar refractivity (Wildman–Crippen MR) is 111 cm³/mol. The van der Waals surface area contributed by atoms with Crippen molar-refractivity contribution in [3.63, 3.8) is 0 Å². The van der Waals surface area contributed by atoms with Crippen LogP contribution in [0, 0.1) is 6.92 Å². The molecule has 2 aromatic carbocycles. The minimum absolute atomic E-state index is 0.0526. The van der Waals surface area contributed by atoms with E-state index in [0.717, 1.165) is 42.7 Å². The number of phenolic OH excluding ortho intramolecular Hbond substituents is 1. The van der Waals surface area contributed by atoms with Gasteiger partial charge >= 0.3 is 0 Å². The molecule has 3 aromatic rings. The van der Waals surface area contributed by atoms with Gasteiger partial charge in [-0.25, -0.2) is 0 Å². The smallest absolute Gasteiger partial charge is 0.147 e. The van der Waals surface area contributed by atoms with Crippen molar-refractivity contribution in [2.75, 3.05) is 33.2 Å². The fraction of sp³-hybridized carbons (Fsp3) is 0.318. The van der Waals surface area contributed by atoms with Crippen LogP contribution in [-0.2, 0) is 0 Å². The van der Waals surface area contributed by atoms with E-state index < -0.39 is 0 Å². The maximum atomic E-state index is 11.1. The predicted octanol–water partition coefficient (Wildman–Crippen LogP) is 4.24. The summed E-state index contributed by atoms with van der Waals surface area (Å²) in [6.07, 6.45) is 1.69. The van der Waals surface area contributed by atoms with Gasteiger partial charge in [-0.3, -0.25) is 9.88 Å². The summed E-state index contributed by atoms with van der Waals surface area (Å²) in [6, 6.07) is 14.1. The molecule has 140 valence electrons. The van der Waals surface area contributed by atoms with Crippen molar-refractivity contribution >= 4 is 22.5 Å². The molecule has 1 aromatic heterocycles. The molecule has 0 amide bonds. The van der Waals surface area contributed by atoms with Crippen molar-refractivity contribution < 1.29 is 5.11 Å². The lowest BCUT2D eigenvalue weighted by Crippen LogP contribution is -2.46. The number of benzene rings is 2. The van der Waals surface area contributed by atoms with E-state index in [1.165, 1.54) is 5.56 Å². The summed E-state index contributed by atoms with van der Waals surface area (Å²) in [5.41, 5.74) is 3.76. The van der Waals surface area contributed by atoms with Crippen LogP contribution in [0.2, 0.25) is 5.02 Å². The first kappa shape index (κ1) is 18.2. The van der Waals surface area contributed by atoms with Crippen molar-refractivity contribution in [1.29, 1.82) is 0 Å². The van der Waals surface area contributed by atoms with Gasteiger partial charge in [-0.05, 0) is 37.7 Å². The normalized spacial score (nSPS) is 17.3. The van der Waals surface area contributed by atoms with Crippen LogP contribution in [0.1, 0.15) is 22.7 Å². The highest BCUT2D eigenvalue weighted by atomic mass is 35.5. The molecule has 1 fully saturated rings. The van der Waals surface area contributed by atoms with Crippen LogP contribution >= 0.6 is 11.6 Å². The fourth-order valence-electron chi connectivity index (χ4n) is 3.83. The van der Waals surface area contributed by atoms with Gasteiger partial charge in [-0.1, -0.05) is 41.4 Å². The van der Waals surface area contributed by atoms with E-state index in [1.54, 1.807) is 6.20 Å². The largest absolute Gasteiger partial charge is 0.505 e. The summed E-state index contributed by atoms with van der Waals surface area (Å²) >= 11 is 6.58. The van der Waals surface area contributed by atoms with Gasteiger partial charge in [0.25, 0.3) is 0 Å². The van der Waals surface area contributed by atoms with Crippen molar-refractivity contribution in [1.82, 2.24) is 14.8 Å². The Bertz CT molecular complexity index is 950. The number of aromatic hydroxyl groups is 1. The van der Waals surface area contributed by atoms with Crippen LogP contribution in [0.5, 0.6) is 5.75 Å². The third kappa shape index (κ3) is 3.53. The highest BCUT2D eigenvalue weighted by molar-refractivity contribution is 6.35. The summed E-state index contributed by atoms with van der Waals surface area (Å²) in [6.45, 7) is 5.97. The van der Waals surface area contributed by atoms with Crippen LogP contribution in [0.15, 0.2) is 48.7 Å². The minimum atomic E-state index is -0.0526. The van der Waals surface area contributed by atoms with Crippen LogP contribution in [0.3, 0.4) is 0 Å². The summed E-state index contributed by atoms with van der Waals surface area (Å²) in [4.78, 5) is 9.14. The van der Waals surface area contributed by atoms with Crippen LogP contribution < -0.4 is 0 Å². The summed E-state index contributed by atoms with van der Waals surface area (Å²) in [5.74, 6) is 0.222. The van der Waals surface area contributed by atoms with Gasteiger partial charge in [0.1, 0.15) is 11.3 Å².